The molecule has 1 saturated carbocycles. The fourth-order valence-corrected chi connectivity index (χ4v) is 2.89. The first-order valence-corrected chi connectivity index (χ1v) is 7.46. The SMILES string of the molecule is Cn1cc([C@H](NC(=O)Cc2cccnc2)C2CC(O)C2)cn1. The number of carbonyl (C=O) groups excluding carboxylic acids is 1. The highest BCUT2D eigenvalue weighted by molar-refractivity contribution is 5.79. The second-order valence-corrected chi connectivity index (χ2v) is 5.92. The molecule has 0 radical (unpaired) electrons. The fourth-order valence-electron chi connectivity index (χ4n) is 2.89. The highest BCUT2D eigenvalue weighted by Gasteiger charge is 2.36. The number of aryl methyl sites for hydroxylation is 1. The fraction of sp³-hybridized carbons (Fsp3) is 0.438. The average molecular weight is 300 g/mol. The second-order valence-electron chi connectivity index (χ2n) is 5.92. The van der Waals surface area contributed by atoms with Crippen molar-refractivity contribution in [3.05, 3.63) is 48.0 Å². The summed E-state index contributed by atoms with van der Waals surface area (Å²) in [6.07, 6.45) is 8.57. The molecule has 2 N–H and O–H groups in total. The molecule has 1 fully saturated rings. The summed E-state index contributed by atoms with van der Waals surface area (Å²) in [5.41, 5.74) is 1.87. The number of pyridine rings is 1. The van der Waals surface area contributed by atoms with Gasteiger partial charge in [-0.2, -0.15) is 5.10 Å². The third kappa shape index (κ3) is 3.33. The molecule has 1 aliphatic carbocycles. The molecule has 0 aromatic carbocycles. The van der Waals surface area contributed by atoms with E-state index in [0.29, 0.717) is 19.3 Å². The summed E-state index contributed by atoms with van der Waals surface area (Å²) in [6.45, 7) is 0. The third-order valence-corrected chi connectivity index (χ3v) is 4.11. The van der Waals surface area contributed by atoms with Gasteiger partial charge in [0.25, 0.3) is 0 Å². The van der Waals surface area contributed by atoms with Crippen LogP contribution in [-0.2, 0) is 18.3 Å². The van der Waals surface area contributed by atoms with Gasteiger partial charge >= 0.3 is 0 Å². The molecule has 0 spiro atoms. The molecular formula is C16H20N4O2. The van der Waals surface area contributed by atoms with E-state index >= 15 is 0 Å². The van der Waals surface area contributed by atoms with Gasteiger partial charge < -0.3 is 10.4 Å². The normalized spacial score (nSPS) is 21.9. The van der Waals surface area contributed by atoms with Crippen LogP contribution in [0.25, 0.3) is 0 Å². The van der Waals surface area contributed by atoms with Gasteiger partial charge in [-0.25, -0.2) is 0 Å². The molecule has 2 heterocycles. The van der Waals surface area contributed by atoms with Gasteiger partial charge in [0.1, 0.15) is 0 Å². The number of aliphatic hydroxyl groups is 1. The van der Waals surface area contributed by atoms with Crippen molar-refractivity contribution in [2.75, 3.05) is 0 Å². The second kappa shape index (κ2) is 6.27. The zero-order valence-corrected chi connectivity index (χ0v) is 12.5. The molecule has 2 aromatic rings. The number of aromatic nitrogens is 3. The lowest BCUT2D eigenvalue weighted by Gasteiger charge is -2.37. The van der Waals surface area contributed by atoms with Crippen LogP contribution in [0, 0.1) is 5.92 Å². The van der Waals surface area contributed by atoms with Crippen LogP contribution in [0.15, 0.2) is 36.9 Å². The van der Waals surface area contributed by atoms with Crippen LogP contribution in [0.3, 0.4) is 0 Å². The number of carbonyl (C=O) groups is 1. The minimum absolute atomic E-state index is 0.0387. The number of rotatable bonds is 5. The quantitative estimate of drug-likeness (QED) is 0.863. The molecule has 0 saturated heterocycles. The zero-order chi connectivity index (χ0) is 15.5. The van der Waals surface area contributed by atoms with Crippen molar-refractivity contribution in [2.45, 2.75) is 31.4 Å². The Labute approximate surface area is 129 Å². The minimum Gasteiger partial charge on any atom is -0.393 e. The third-order valence-electron chi connectivity index (χ3n) is 4.11. The van der Waals surface area contributed by atoms with E-state index in [0.717, 1.165) is 11.1 Å². The Bertz CT molecular complexity index is 635. The number of hydrogen-bond donors (Lipinski definition) is 2. The molecule has 3 rings (SSSR count). The van der Waals surface area contributed by atoms with Crippen molar-refractivity contribution in [1.29, 1.82) is 0 Å². The van der Waals surface area contributed by atoms with Gasteiger partial charge in [-0.3, -0.25) is 14.5 Å². The van der Waals surface area contributed by atoms with Gasteiger partial charge in [-0.15, -0.1) is 0 Å². The van der Waals surface area contributed by atoms with Gasteiger partial charge in [0, 0.05) is 31.2 Å². The summed E-state index contributed by atoms with van der Waals surface area (Å²) < 4.78 is 1.73. The molecule has 116 valence electrons. The Morgan fingerprint density at radius 2 is 2.32 bits per heavy atom. The first-order valence-electron chi connectivity index (χ1n) is 7.46. The summed E-state index contributed by atoms with van der Waals surface area (Å²) in [6, 6.07) is 3.61. The van der Waals surface area contributed by atoms with E-state index in [-0.39, 0.29) is 24.0 Å². The molecule has 6 heteroatoms. The molecule has 6 nitrogen and oxygen atoms in total. The lowest BCUT2D eigenvalue weighted by molar-refractivity contribution is -0.122. The van der Waals surface area contributed by atoms with E-state index in [9.17, 15) is 9.90 Å². The van der Waals surface area contributed by atoms with Crippen LogP contribution in [0.5, 0.6) is 0 Å². The first kappa shape index (κ1) is 14.7. The number of nitrogens with zero attached hydrogens (tertiary/aromatic N) is 3. The van der Waals surface area contributed by atoms with E-state index < -0.39 is 0 Å². The van der Waals surface area contributed by atoms with Crippen molar-refractivity contribution < 1.29 is 9.90 Å². The van der Waals surface area contributed by atoms with Gasteiger partial charge in [0.05, 0.1) is 24.8 Å². The smallest absolute Gasteiger partial charge is 0.224 e. The molecule has 0 unspecified atom stereocenters. The summed E-state index contributed by atoms with van der Waals surface area (Å²) in [4.78, 5) is 16.3. The van der Waals surface area contributed by atoms with Gasteiger partial charge in [-0.1, -0.05) is 6.07 Å². The van der Waals surface area contributed by atoms with Crippen LogP contribution < -0.4 is 5.32 Å². The van der Waals surface area contributed by atoms with Crippen molar-refractivity contribution in [3.63, 3.8) is 0 Å². The minimum atomic E-state index is -0.251. The van der Waals surface area contributed by atoms with Crippen molar-refractivity contribution in [1.82, 2.24) is 20.1 Å². The van der Waals surface area contributed by atoms with Crippen molar-refractivity contribution in [2.24, 2.45) is 13.0 Å². The largest absolute Gasteiger partial charge is 0.393 e. The highest BCUT2D eigenvalue weighted by atomic mass is 16.3. The molecule has 1 amide bonds. The maximum atomic E-state index is 12.3. The summed E-state index contributed by atoms with van der Waals surface area (Å²) >= 11 is 0. The number of hydrogen-bond acceptors (Lipinski definition) is 4. The van der Waals surface area contributed by atoms with E-state index in [1.54, 1.807) is 23.3 Å². The first-order chi connectivity index (χ1) is 10.6. The van der Waals surface area contributed by atoms with Crippen LogP contribution in [0.1, 0.15) is 30.0 Å². The Morgan fingerprint density at radius 3 is 2.91 bits per heavy atom. The lowest BCUT2D eigenvalue weighted by Crippen LogP contribution is -2.41. The Hall–Kier alpha value is -2.21. The predicted molar refractivity (Wildman–Crippen MR) is 80.8 cm³/mol. The van der Waals surface area contributed by atoms with E-state index in [2.05, 4.69) is 15.4 Å². The van der Waals surface area contributed by atoms with Crippen LogP contribution in [0.2, 0.25) is 0 Å². The van der Waals surface area contributed by atoms with Gasteiger partial charge in [-0.05, 0) is 30.4 Å². The number of amides is 1. The van der Waals surface area contributed by atoms with Crippen molar-refractivity contribution in [3.8, 4) is 0 Å². The van der Waals surface area contributed by atoms with E-state index in [1.165, 1.54) is 0 Å². The lowest BCUT2D eigenvalue weighted by atomic mass is 9.75. The average Bonchev–Trinajstić information content (AvgIpc) is 2.89. The number of nitrogens with one attached hydrogen (secondary N) is 1. The van der Waals surface area contributed by atoms with Crippen molar-refractivity contribution >= 4 is 5.91 Å². The number of aliphatic hydroxyl groups excluding tert-OH is 1. The summed E-state index contributed by atoms with van der Waals surface area (Å²) in [5.74, 6) is 0.222. The van der Waals surface area contributed by atoms with E-state index in [4.69, 9.17) is 0 Å². The van der Waals surface area contributed by atoms with Crippen LogP contribution in [-0.4, -0.2) is 31.9 Å². The molecule has 2 aromatic heterocycles. The zero-order valence-electron chi connectivity index (χ0n) is 12.5. The van der Waals surface area contributed by atoms with E-state index in [1.807, 2.05) is 25.4 Å². The monoisotopic (exact) mass is 300 g/mol. The van der Waals surface area contributed by atoms with Crippen LogP contribution >= 0.6 is 0 Å². The Kier molecular flexibility index (Phi) is 4.20. The topological polar surface area (TPSA) is 80.0 Å². The molecule has 1 atom stereocenters. The Morgan fingerprint density at radius 1 is 1.50 bits per heavy atom. The maximum Gasteiger partial charge on any atom is 0.224 e. The molecular weight excluding hydrogens is 280 g/mol. The highest BCUT2D eigenvalue weighted by Crippen LogP contribution is 2.37. The van der Waals surface area contributed by atoms with Gasteiger partial charge in [0.2, 0.25) is 5.91 Å². The molecule has 0 aliphatic heterocycles. The predicted octanol–water partition coefficient (Wildman–Crippen LogP) is 0.986. The molecule has 22 heavy (non-hydrogen) atoms. The summed E-state index contributed by atoms with van der Waals surface area (Å²) in [5, 5.41) is 16.8. The molecule has 1 aliphatic rings. The maximum absolute atomic E-state index is 12.3. The summed E-state index contributed by atoms with van der Waals surface area (Å²) in [7, 11) is 1.85. The van der Waals surface area contributed by atoms with Gasteiger partial charge in [0.15, 0.2) is 0 Å². The Balaban J connectivity index is 1.68. The standard InChI is InChI=1S/C16H20N4O2/c1-20-10-13(9-18-20)16(12-6-14(21)7-12)19-15(22)5-11-3-2-4-17-8-11/h2-4,8-10,12,14,16,21H,5-7H2,1H3,(H,19,22)/t12?,14?,16-/m1/s1. The molecule has 0 bridgehead atoms. The van der Waals surface area contributed by atoms with Crippen LogP contribution in [0.4, 0.5) is 0 Å².